The first-order valence-electron chi connectivity index (χ1n) is 3.47. The summed E-state index contributed by atoms with van der Waals surface area (Å²) in [6.45, 7) is -0.0217. The molecule has 0 spiro atoms. The third-order valence-electron chi connectivity index (χ3n) is 1.29. The van der Waals surface area contributed by atoms with Crippen molar-refractivity contribution in [2.24, 2.45) is 0 Å². The van der Waals surface area contributed by atoms with Crippen molar-refractivity contribution in [1.82, 2.24) is 4.98 Å². The second kappa shape index (κ2) is 4.91. The maximum absolute atomic E-state index is 8.70. The molecule has 1 aromatic rings. The van der Waals surface area contributed by atoms with Crippen molar-refractivity contribution < 1.29 is 5.11 Å². The molecule has 0 aliphatic rings. The molecule has 0 saturated carbocycles. The average molecular weight is 226 g/mol. The molecule has 0 atom stereocenters. The fraction of sp³-hybridized carbons (Fsp3) is 0.222. The van der Waals surface area contributed by atoms with Crippen molar-refractivity contribution in [2.75, 3.05) is 5.33 Å². The maximum atomic E-state index is 8.70. The summed E-state index contributed by atoms with van der Waals surface area (Å²) in [5.41, 5.74) is 1.53. The van der Waals surface area contributed by atoms with Gasteiger partial charge in [-0.1, -0.05) is 27.8 Å². The molecule has 0 bridgehead atoms. The molecule has 1 N–H and O–H groups in total. The zero-order valence-corrected chi connectivity index (χ0v) is 8.00. The number of aliphatic hydroxyl groups excluding tert-OH is 1. The first kappa shape index (κ1) is 9.24. The Morgan fingerprint density at radius 3 is 2.83 bits per heavy atom. The van der Waals surface area contributed by atoms with Gasteiger partial charge < -0.3 is 5.11 Å². The molecule has 0 saturated heterocycles. The molecule has 0 amide bonds. The number of nitrogens with zero attached hydrogens (tertiary/aromatic N) is 1. The van der Waals surface area contributed by atoms with Crippen molar-refractivity contribution in [3.05, 3.63) is 29.6 Å². The first-order valence-corrected chi connectivity index (χ1v) is 4.59. The van der Waals surface area contributed by atoms with Crippen LogP contribution in [-0.2, 0) is 6.61 Å². The van der Waals surface area contributed by atoms with Crippen LogP contribution in [0.15, 0.2) is 18.3 Å². The summed E-state index contributed by atoms with van der Waals surface area (Å²) in [4.78, 5) is 3.98. The summed E-state index contributed by atoms with van der Waals surface area (Å²) in [5.74, 6) is 5.77. The van der Waals surface area contributed by atoms with E-state index < -0.39 is 0 Å². The van der Waals surface area contributed by atoms with Gasteiger partial charge in [0, 0.05) is 11.8 Å². The molecule has 0 radical (unpaired) electrons. The van der Waals surface area contributed by atoms with Gasteiger partial charge in [-0.2, -0.15) is 0 Å². The minimum Gasteiger partial charge on any atom is -0.390 e. The van der Waals surface area contributed by atoms with Gasteiger partial charge in [-0.15, -0.1) is 0 Å². The number of hydrogen-bond acceptors (Lipinski definition) is 2. The Morgan fingerprint density at radius 2 is 2.33 bits per heavy atom. The van der Waals surface area contributed by atoms with Crippen LogP contribution in [-0.4, -0.2) is 15.4 Å². The summed E-state index contributed by atoms with van der Waals surface area (Å²) in [7, 11) is 0. The highest BCUT2D eigenvalue weighted by molar-refractivity contribution is 9.09. The summed E-state index contributed by atoms with van der Waals surface area (Å²) < 4.78 is 0. The Kier molecular flexibility index (Phi) is 3.78. The number of rotatable bonds is 1. The molecule has 0 unspecified atom stereocenters. The highest BCUT2D eigenvalue weighted by Crippen LogP contribution is 1.98. The second-order valence-electron chi connectivity index (χ2n) is 2.13. The summed E-state index contributed by atoms with van der Waals surface area (Å²) in [6, 6.07) is 3.60. The number of halogens is 1. The molecule has 1 aromatic heterocycles. The maximum Gasteiger partial charge on any atom is 0.0852 e. The third kappa shape index (κ3) is 2.65. The lowest BCUT2D eigenvalue weighted by atomic mass is 10.2. The van der Waals surface area contributed by atoms with Gasteiger partial charge >= 0.3 is 0 Å². The van der Waals surface area contributed by atoms with Crippen LogP contribution in [0.4, 0.5) is 0 Å². The van der Waals surface area contributed by atoms with E-state index in [-0.39, 0.29) is 6.61 Å². The lowest BCUT2D eigenvalue weighted by Gasteiger charge is -1.93. The minimum absolute atomic E-state index is 0.0217. The zero-order valence-electron chi connectivity index (χ0n) is 6.42. The molecular formula is C9H8BrNO. The zero-order chi connectivity index (χ0) is 8.81. The second-order valence-corrected chi connectivity index (χ2v) is 2.69. The lowest BCUT2D eigenvalue weighted by Crippen LogP contribution is -1.88. The molecule has 3 heteroatoms. The molecule has 2 nitrogen and oxygen atoms in total. The standard InChI is InChI=1S/C9H8BrNO/c10-5-1-2-8-3-4-9(7-12)11-6-8/h3-4,6,12H,5,7H2. The van der Waals surface area contributed by atoms with Crippen LogP contribution in [0, 0.1) is 11.8 Å². The van der Waals surface area contributed by atoms with E-state index in [1.54, 1.807) is 12.3 Å². The third-order valence-corrected chi connectivity index (χ3v) is 1.57. The summed E-state index contributed by atoms with van der Waals surface area (Å²) >= 11 is 3.20. The molecule has 0 aliphatic heterocycles. The van der Waals surface area contributed by atoms with E-state index in [0.717, 1.165) is 5.56 Å². The van der Waals surface area contributed by atoms with Crippen LogP contribution >= 0.6 is 15.9 Å². The summed E-state index contributed by atoms with van der Waals surface area (Å²) in [5, 5.41) is 9.36. The molecular weight excluding hydrogens is 218 g/mol. The van der Waals surface area contributed by atoms with Gasteiger partial charge in [0.1, 0.15) is 0 Å². The Balaban J connectivity index is 2.78. The Labute approximate surface area is 79.8 Å². The van der Waals surface area contributed by atoms with Crippen LogP contribution in [0.3, 0.4) is 0 Å². The first-order chi connectivity index (χ1) is 5.86. The monoisotopic (exact) mass is 225 g/mol. The number of aliphatic hydroxyl groups is 1. The van der Waals surface area contributed by atoms with Gasteiger partial charge in [-0.05, 0) is 12.1 Å². The van der Waals surface area contributed by atoms with E-state index in [1.165, 1.54) is 0 Å². The van der Waals surface area contributed by atoms with E-state index in [0.29, 0.717) is 11.0 Å². The minimum atomic E-state index is -0.0217. The molecule has 0 fully saturated rings. The van der Waals surface area contributed by atoms with Crippen LogP contribution < -0.4 is 0 Å². The van der Waals surface area contributed by atoms with Crippen LogP contribution in [0.5, 0.6) is 0 Å². The predicted molar refractivity (Wildman–Crippen MR) is 50.8 cm³/mol. The SMILES string of the molecule is OCc1ccc(C#CCBr)cn1. The van der Waals surface area contributed by atoms with Crippen LogP contribution in [0.1, 0.15) is 11.3 Å². The van der Waals surface area contributed by atoms with Gasteiger partial charge in [0.15, 0.2) is 0 Å². The number of hydrogen-bond donors (Lipinski definition) is 1. The largest absolute Gasteiger partial charge is 0.390 e. The highest BCUT2D eigenvalue weighted by Gasteiger charge is 1.90. The van der Waals surface area contributed by atoms with Gasteiger partial charge in [-0.25, -0.2) is 0 Å². The van der Waals surface area contributed by atoms with Crippen molar-refractivity contribution in [1.29, 1.82) is 0 Å². The van der Waals surface area contributed by atoms with Crippen LogP contribution in [0.2, 0.25) is 0 Å². The van der Waals surface area contributed by atoms with Crippen molar-refractivity contribution in [2.45, 2.75) is 6.61 Å². The summed E-state index contributed by atoms with van der Waals surface area (Å²) in [6.07, 6.45) is 1.65. The fourth-order valence-corrected chi connectivity index (χ4v) is 0.868. The number of aromatic nitrogens is 1. The molecule has 1 heterocycles. The van der Waals surface area contributed by atoms with Crippen molar-refractivity contribution >= 4 is 15.9 Å². The lowest BCUT2D eigenvalue weighted by molar-refractivity contribution is 0.277. The van der Waals surface area contributed by atoms with E-state index in [1.807, 2.05) is 6.07 Å². The normalized spacial score (nSPS) is 8.83. The topological polar surface area (TPSA) is 33.1 Å². The van der Waals surface area contributed by atoms with E-state index in [4.69, 9.17) is 5.11 Å². The smallest absolute Gasteiger partial charge is 0.0852 e. The predicted octanol–water partition coefficient (Wildman–Crippen LogP) is 1.32. The number of pyridine rings is 1. The van der Waals surface area contributed by atoms with Gasteiger partial charge in [0.05, 0.1) is 17.6 Å². The van der Waals surface area contributed by atoms with Crippen LogP contribution in [0.25, 0.3) is 0 Å². The number of alkyl halides is 1. The molecule has 62 valence electrons. The molecule has 12 heavy (non-hydrogen) atoms. The van der Waals surface area contributed by atoms with Gasteiger partial charge in [0.25, 0.3) is 0 Å². The fourth-order valence-electron chi connectivity index (χ4n) is 0.727. The molecule has 1 rings (SSSR count). The van der Waals surface area contributed by atoms with E-state index in [9.17, 15) is 0 Å². The molecule has 0 aromatic carbocycles. The van der Waals surface area contributed by atoms with Gasteiger partial charge in [0.2, 0.25) is 0 Å². The van der Waals surface area contributed by atoms with Gasteiger partial charge in [-0.3, -0.25) is 4.98 Å². The van der Waals surface area contributed by atoms with E-state index in [2.05, 4.69) is 32.8 Å². The Morgan fingerprint density at radius 1 is 1.50 bits per heavy atom. The van der Waals surface area contributed by atoms with Crippen molar-refractivity contribution in [3.63, 3.8) is 0 Å². The van der Waals surface area contributed by atoms with E-state index >= 15 is 0 Å². The Bertz CT molecular complexity index is 297. The quantitative estimate of drug-likeness (QED) is 0.578. The molecule has 0 aliphatic carbocycles. The average Bonchev–Trinajstić information content (AvgIpc) is 2.15. The van der Waals surface area contributed by atoms with Crippen molar-refractivity contribution in [3.8, 4) is 11.8 Å². The highest BCUT2D eigenvalue weighted by atomic mass is 79.9. The Hall–Kier alpha value is -0.850.